The van der Waals surface area contributed by atoms with E-state index in [4.69, 9.17) is 0 Å². The smallest absolute Gasteiger partial charge is 0.130 e. The van der Waals surface area contributed by atoms with E-state index in [0.717, 1.165) is 10.2 Å². The first-order valence-corrected chi connectivity index (χ1v) is 5.08. The molecule has 3 heteroatoms. The summed E-state index contributed by atoms with van der Waals surface area (Å²) in [6.07, 6.45) is 1.53. The van der Waals surface area contributed by atoms with Crippen LogP contribution in [0.15, 0.2) is 15.2 Å². The number of halogens is 1. The van der Waals surface area contributed by atoms with E-state index in [-0.39, 0.29) is 5.78 Å². The van der Waals surface area contributed by atoms with Crippen molar-refractivity contribution in [2.75, 3.05) is 0 Å². The fourth-order valence-electron chi connectivity index (χ4n) is 0.797. The zero-order valence-corrected chi connectivity index (χ0v) is 8.67. The number of Topliss-reactive ketones (excluding diaryl/α,β-unsaturated/α-hetero) is 1. The molecule has 0 N–H and O–H groups in total. The Morgan fingerprint density at radius 1 is 1.73 bits per heavy atom. The minimum absolute atomic E-state index is 0.257. The highest BCUT2D eigenvalue weighted by molar-refractivity contribution is 9.11. The summed E-state index contributed by atoms with van der Waals surface area (Å²) in [5.41, 5.74) is 1.25. The molecule has 1 aromatic rings. The van der Waals surface area contributed by atoms with Crippen LogP contribution in [0.25, 0.3) is 0 Å². The third-order valence-electron chi connectivity index (χ3n) is 1.39. The number of hydrogen-bond donors (Lipinski definition) is 0. The van der Waals surface area contributed by atoms with Crippen LogP contribution in [-0.4, -0.2) is 5.78 Å². The molecule has 0 unspecified atom stereocenters. The first kappa shape index (κ1) is 8.94. The maximum atomic E-state index is 10.6. The van der Waals surface area contributed by atoms with Gasteiger partial charge in [0.15, 0.2) is 0 Å². The number of carbonyl (C=O) groups is 1. The Bertz CT molecular complexity index is 254. The van der Waals surface area contributed by atoms with Crippen LogP contribution in [0, 0.1) is 0 Å². The average Bonchev–Trinajstić information content (AvgIpc) is 2.31. The monoisotopic (exact) mass is 232 g/mol. The van der Waals surface area contributed by atoms with Gasteiger partial charge in [0.25, 0.3) is 0 Å². The van der Waals surface area contributed by atoms with Crippen molar-refractivity contribution in [3.8, 4) is 0 Å². The lowest BCUT2D eigenvalue weighted by molar-refractivity contribution is -0.116. The van der Waals surface area contributed by atoms with Gasteiger partial charge in [-0.3, -0.25) is 0 Å². The fraction of sp³-hybridized carbons (Fsp3) is 0.375. The van der Waals surface area contributed by atoms with Gasteiger partial charge in [-0.1, -0.05) is 0 Å². The van der Waals surface area contributed by atoms with Gasteiger partial charge in [-0.2, -0.15) is 0 Å². The molecule has 60 valence electrons. The molecule has 0 spiro atoms. The van der Waals surface area contributed by atoms with Crippen LogP contribution in [0.1, 0.15) is 18.9 Å². The lowest BCUT2D eigenvalue weighted by Crippen LogP contribution is -1.91. The molecule has 0 radical (unpaired) electrons. The second kappa shape index (κ2) is 4.02. The van der Waals surface area contributed by atoms with Crippen molar-refractivity contribution in [1.29, 1.82) is 0 Å². The molecule has 0 aliphatic heterocycles. The van der Waals surface area contributed by atoms with Gasteiger partial charge in [-0.05, 0) is 46.3 Å². The lowest BCUT2D eigenvalue weighted by Gasteiger charge is -1.91. The Morgan fingerprint density at radius 3 is 2.91 bits per heavy atom. The number of rotatable bonds is 3. The first-order valence-electron chi connectivity index (χ1n) is 3.41. The predicted octanol–water partition coefficient (Wildman–Crippen LogP) is 3.03. The van der Waals surface area contributed by atoms with Crippen LogP contribution in [0.5, 0.6) is 0 Å². The van der Waals surface area contributed by atoms with Crippen molar-refractivity contribution in [2.45, 2.75) is 19.8 Å². The summed E-state index contributed by atoms with van der Waals surface area (Å²) in [6.45, 7) is 1.63. The zero-order valence-electron chi connectivity index (χ0n) is 6.26. The normalized spacial score (nSPS) is 10.0. The van der Waals surface area contributed by atoms with Gasteiger partial charge in [0.2, 0.25) is 0 Å². The molecule has 0 bridgehead atoms. The number of thiophene rings is 1. The van der Waals surface area contributed by atoms with Gasteiger partial charge >= 0.3 is 0 Å². The third kappa shape index (κ3) is 3.16. The maximum absolute atomic E-state index is 10.6. The molecule has 0 saturated heterocycles. The summed E-state index contributed by atoms with van der Waals surface area (Å²) in [4.78, 5) is 10.6. The van der Waals surface area contributed by atoms with Crippen molar-refractivity contribution >= 4 is 33.0 Å². The number of carbonyl (C=O) groups excluding carboxylic acids is 1. The third-order valence-corrected chi connectivity index (χ3v) is 2.94. The molecule has 1 heterocycles. The summed E-state index contributed by atoms with van der Waals surface area (Å²) in [6, 6.07) is 2.06. The Labute approximate surface area is 78.6 Å². The van der Waals surface area contributed by atoms with Crippen molar-refractivity contribution in [1.82, 2.24) is 0 Å². The number of ketones is 1. The van der Waals surface area contributed by atoms with Gasteiger partial charge in [0.1, 0.15) is 5.78 Å². The minimum Gasteiger partial charge on any atom is -0.300 e. The van der Waals surface area contributed by atoms with Crippen molar-refractivity contribution in [3.63, 3.8) is 0 Å². The van der Waals surface area contributed by atoms with Crippen LogP contribution in [-0.2, 0) is 11.2 Å². The molecular formula is C8H9BrOS. The zero-order chi connectivity index (χ0) is 8.27. The fourth-order valence-corrected chi connectivity index (χ4v) is 2.04. The number of aryl methyl sites for hydroxylation is 1. The van der Waals surface area contributed by atoms with Gasteiger partial charge in [0.05, 0.1) is 3.79 Å². The molecule has 0 atom stereocenters. The maximum Gasteiger partial charge on any atom is 0.130 e. The average molecular weight is 233 g/mol. The summed E-state index contributed by atoms with van der Waals surface area (Å²) in [5.74, 6) is 0.257. The SMILES string of the molecule is CC(=O)CCc1csc(Br)c1. The van der Waals surface area contributed by atoms with E-state index in [1.807, 2.05) is 0 Å². The van der Waals surface area contributed by atoms with Gasteiger partial charge in [0, 0.05) is 6.42 Å². The van der Waals surface area contributed by atoms with Crippen LogP contribution < -0.4 is 0 Å². The molecule has 0 aromatic carbocycles. The largest absolute Gasteiger partial charge is 0.300 e. The Hall–Kier alpha value is -0.150. The quantitative estimate of drug-likeness (QED) is 0.784. The molecule has 0 aliphatic rings. The second-order valence-corrected chi connectivity index (χ2v) is 4.75. The lowest BCUT2D eigenvalue weighted by atomic mass is 10.1. The van der Waals surface area contributed by atoms with Crippen LogP contribution in [0.2, 0.25) is 0 Å². The molecule has 1 aromatic heterocycles. The summed E-state index contributed by atoms with van der Waals surface area (Å²) < 4.78 is 1.14. The van der Waals surface area contributed by atoms with E-state index in [9.17, 15) is 4.79 Å². The first-order chi connectivity index (χ1) is 5.18. The molecule has 0 saturated carbocycles. The standard InChI is InChI=1S/C8H9BrOS/c1-6(10)2-3-7-4-8(9)11-5-7/h4-5H,2-3H2,1H3. The van der Waals surface area contributed by atoms with E-state index in [0.29, 0.717) is 6.42 Å². The van der Waals surface area contributed by atoms with Crippen LogP contribution >= 0.6 is 27.3 Å². The highest BCUT2D eigenvalue weighted by Gasteiger charge is 1.98. The topological polar surface area (TPSA) is 17.1 Å². The predicted molar refractivity (Wildman–Crippen MR) is 51.0 cm³/mol. The van der Waals surface area contributed by atoms with E-state index < -0.39 is 0 Å². The van der Waals surface area contributed by atoms with E-state index in [1.54, 1.807) is 18.3 Å². The van der Waals surface area contributed by atoms with Crippen molar-refractivity contribution < 1.29 is 4.79 Å². The molecule has 0 amide bonds. The summed E-state index contributed by atoms with van der Waals surface area (Å²) in [7, 11) is 0. The van der Waals surface area contributed by atoms with Gasteiger partial charge < -0.3 is 4.79 Å². The van der Waals surface area contributed by atoms with E-state index in [1.165, 1.54) is 5.56 Å². The van der Waals surface area contributed by atoms with Crippen molar-refractivity contribution in [2.24, 2.45) is 0 Å². The van der Waals surface area contributed by atoms with E-state index in [2.05, 4.69) is 27.4 Å². The highest BCUT2D eigenvalue weighted by Crippen LogP contribution is 2.21. The number of hydrogen-bond acceptors (Lipinski definition) is 2. The molecule has 0 aliphatic carbocycles. The van der Waals surface area contributed by atoms with Gasteiger partial charge in [-0.15, -0.1) is 11.3 Å². The van der Waals surface area contributed by atoms with Crippen molar-refractivity contribution in [3.05, 3.63) is 20.8 Å². The Morgan fingerprint density at radius 2 is 2.45 bits per heavy atom. The molecule has 11 heavy (non-hydrogen) atoms. The Kier molecular flexibility index (Phi) is 3.27. The second-order valence-electron chi connectivity index (χ2n) is 2.46. The summed E-state index contributed by atoms with van der Waals surface area (Å²) in [5, 5.41) is 2.08. The molecular weight excluding hydrogens is 224 g/mol. The Balaban J connectivity index is 2.45. The molecule has 1 nitrogen and oxygen atoms in total. The van der Waals surface area contributed by atoms with Gasteiger partial charge in [-0.25, -0.2) is 0 Å². The van der Waals surface area contributed by atoms with Crippen LogP contribution in [0.4, 0.5) is 0 Å². The molecule has 1 rings (SSSR count). The summed E-state index contributed by atoms with van der Waals surface area (Å²) >= 11 is 5.03. The van der Waals surface area contributed by atoms with Crippen LogP contribution in [0.3, 0.4) is 0 Å². The van der Waals surface area contributed by atoms with E-state index >= 15 is 0 Å². The molecule has 0 fully saturated rings. The minimum atomic E-state index is 0.257. The highest BCUT2D eigenvalue weighted by atomic mass is 79.9.